The monoisotopic (exact) mass is 418 g/mol. The van der Waals surface area contributed by atoms with E-state index in [0.29, 0.717) is 17.2 Å². The van der Waals surface area contributed by atoms with Gasteiger partial charge in [-0.25, -0.2) is 8.42 Å². The van der Waals surface area contributed by atoms with Crippen LogP contribution in [0.4, 0.5) is 5.69 Å². The van der Waals surface area contributed by atoms with Crippen molar-refractivity contribution in [1.82, 2.24) is 5.43 Å². The number of sulfonamides is 1. The molecule has 0 unspecified atom stereocenters. The Bertz CT molecular complexity index is 976. The first-order chi connectivity index (χ1) is 13.1. The highest BCUT2D eigenvalue weighted by Gasteiger charge is 2.25. The van der Waals surface area contributed by atoms with Gasteiger partial charge in [0.05, 0.1) is 0 Å². The molecule has 0 bridgehead atoms. The average molecular weight is 419 g/mol. The fourth-order valence-electron chi connectivity index (χ4n) is 3.50. The molecule has 150 valence electrons. The number of nitrogens with zero attached hydrogens (tertiary/aromatic N) is 1. The summed E-state index contributed by atoms with van der Waals surface area (Å²) in [4.78, 5) is 0. The maximum absolute atomic E-state index is 12.3. The lowest BCUT2D eigenvalue weighted by Gasteiger charge is -2.31. The quantitative estimate of drug-likeness (QED) is 0.426. The molecule has 1 aromatic carbocycles. The van der Waals surface area contributed by atoms with Crippen LogP contribution in [0.2, 0.25) is 0 Å². The van der Waals surface area contributed by atoms with Gasteiger partial charge in [0.25, 0.3) is 10.0 Å². The molecule has 2 aromatic rings. The van der Waals surface area contributed by atoms with Crippen LogP contribution in [0.15, 0.2) is 62.9 Å². The van der Waals surface area contributed by atoms with E-state index in [2.05, 4.69) is 42.1 Å². The molecule has 1 heterocycles. The third-order valence-corrected chi connectivity index (χ3v) is 7.23. The van der Waals surface area contributed by atoms with Crippen molar-refractivity contribution < 1.29 is 13.5 Å². The first kappa shape index (κ1) is 20.4. The average Bonchev–Trinajstić information content (AvgIpc) is 3.14. The zero-order chi connectivity index (χ0) is 20.4. The van der Waals surface area contributed by atoms with Gasteiger partial charge >= 0.3 is 0 Å². The third kappa shape index (κ3) is 5.14. The van der Waals surface area contributed by atoms with Crippen LogP contribution in [0.5, 0.6) is 0 Å². The molecule has 6 nitrogen and oxygen atoms in total. The first-order valence-corrected chi connectivity index (χ1v) is 11.4. The van der Waals surface area contributed by atoms with E-state index in [1.807, 2.05) is 0 Å². The molecule has 0 radical (unpaired) electrons. The van der Waals surface area contributed by atoms with Crippen molar-refractivity contribution in [2.24, 2.45) is 16.4 Å². The predicted molar refractivity (Wildman–Crippen MR) is 112 cm³/mol. The minimum atomic E-state index is -3.60. The Morgan fingerprint density at radius 1 is 1.25 bits per heavy atom. The van der Waals surface area contributed by atoms with Crippen LogP contribution in [0, 0.1) is 11.3 Å². The summed E-state index contributed by atoms with van der Waals surface area (Å²) in [5.41, 5.74) is 4.72. The lowest BCUT2D eigenvalue weighted by molar-refractivity contribution is -0.213. The minimum absolute atomic E-state index is 0.0833. The smallest absolute Gasteiger partial charge is 0.271 e. The number of hydrogen-bond acceptors (Lipinski definition) is 6. The molecule has 0 saturated heterocycles. The Balaban J connectivity index is 1.67. The van der Waals surface area contributed by atoms with Crippen molar-refractivity contribution in [3.05, 3.63) is 59.1 Å². The highest BCUT2D eigenvalue weighted by molar-refractivity contribution is 7.94. The molecule has 0 spiro atoms. The summed E-state index contributed by atoms with van der Waals surface area (Å²) in [5, 5.41) is 18.0. The second kappa shape index (κ2) is 7.97. The predicted octanol–water partition coefficient (Wildman–Crippen LogP) is 3.50. The van der Waals surface area contributed by atoms with Crippen LogP contribution in [-0.2, 0) is 10.0 Å². The largest absolute Gasteiger partial charge is 0.857 e. The lowest BCUT2D eigenvalue weighted by atomic mass is 9.76. The van der Waals surface area contributed by atoms with Gasteiger partial charge in [0.1, 0.15) is 4.21 Å². The molecule has 0 aliphatic heterocycles. The summed E-state index contributed by atoms with van der Waals surface area (Å²) < 4.78 is 27.2. The van der Waals surface area contributed by atoms with Crippen molar-refractivity contribution in [2.75, 3.05) is 4.72 Å². The zero-order valence-corrected chi connectivity index (χ0v) is 17.7. The Kier molecular flexibility index (Phi) is 5.81. The van der Waals surface area contributed by atoms with Gasteiger partial charge in [-0.3, -0.25) is 10.1 Å². The van der Waals surface area contributed by atoms with Crippen molar-refractivity contribution in [3.8, 4) is 0 Å². The van der Waals surface area contributed by atoms with E-state index in [4.69, 9.17) is 0 Å². The molecule has 8 heteroatoms. The van der Waals surface area contributed by atoms with Gasteiger partial charge in [0.15, 0.2) is 0 Å². The van der Waals surface area contributed by atoms with Crippen molar-refractivity contribution in [1.29, 1.82) is 0 Å². The summed E-state index contributed by atoms with van der Waals surface area (Å²) in [6, 6.07) is 9.44. The SMILES string of the molecule is C[C@H]1CC(NN=C([O-])c2ccc(NS(=O)(=O)c3cccs3)cc2)=CC(C)(C)C1. The van der Waals surface area contributed by atoms with E-state index < -0.39 is 15.9 Å². The molecule has 1 atom stereocenters. The topological polar surface area (TPSA) is 93.6 Å². The molecule has 1 aliphatic rings. The summed E-state index contributed by atoms with van der Waals surface area (Å²) >= 11 is 1.14. The molecule has 28 heavy (non-hydrogen) atoms. The standard InChI is InChI=1S/C20H25N3O3S2/c1-14-11-17(13-20(2,3)12-14)21-22-19(24)15-6-8-16(9-7-15)23-28(25,26)18-5-4-10-27-18/h4-10,13-14,21,23H,11-12H2,1-3H3,(H,22,24)/p-1/t14-/m0/s1. The highest BCUT2D eigenvalue weighted by atomic mass is 32.2. The molecular formula is C20H24N3O3S2-. The van der Waals surface area contributed by atoms with E-state index in [0.717, 1.165) is 29.9 Å². The number of anilines is 1. The van der Waals surface area contributed by atoms with E-state index in [-0.39, 0.29) is 9.62 Å². The van der Waals surface area contributed by atoms with E-state index in [9.17, 15) is 13.5 Å². The van der Waals surface area contributed by atoms with Crippen LogP contribution in [-0.4, -0.2) is 14.3 Å². The first-order valence-electron chi connectivity index (χ1n) is 9.04. The van der Waals surface area contributed by atoms with Crippen LogP contribution >= 0.6 is 11.3 Å². The number of allylic oxidation sites excluding steroid dienone is 2. The Hall–Kier alpha value is -2.32. The normalized spacial score (nSPS) is 19.8. The number of thiophene rings is 1. The molecule has 0 saturated carbocycles. The van der Waals surface area contributed by atoms with E-state index >= 15 is 0 Å². The zero-order valence-electron chi connectivity index (χ0n) is 16.1. The summed E-state index contributed by atoms with van der Waals surface area (Å²) in [5.74, 6) is 0.132. The van der Waals surface area contributed by atoms with E-state index in [1.165, 1.54) is 6.07 Å². The van der Waals surface area contributed by atoms with Gasteiger partial charge < -0.3 is 5.11 Å². The van der Waals surface area contributed by atoms with Crippen LogP contribution in [0.25, 0.3) is 0 Å². The van der Waals surface area contributed by atoms with Gasteiger partial charge in [0, 0.05) is 17.3 Å². The molecule has 1 aromatic heterocycles. The van der Waals surface area contributed by atoms with E-state index in [1.54, 1.807) is 35.7 Å². The molecule has 0 fully saturated rings. The molecule has 2 N–H and O–H groups in total. The lowest BCUT2D eigenvalue weighted by Crippen LogP contribution is -2.27. The second-order valence-corrected chi connectivity index (χ2v) is 10.7. The van der Waals surface area contributed by atoms with Crippen LogP contribution in [0.1, 0.15) is 39.2 Å². The van der Waals surface area contributed by atoms with Crippen LogP contribution < -0.4 is 15.3 Å². The number of hydrazone groups is 1. The summed E-state index contributed by atoms with van der Waals surface area (Å²) in [6.07, 6.45) is 4.10. The molecule has 3 rings (SSSR count). The maximum atomic E-state index is 12.3. The Labute approximate surface area is 170 Å². The summed E-state index contributed by atoms with van der Waals surface area (Å²) in [6.45, 7) is 6.53. The van der Waals surface area contributed by atoms with Gasteiger partial charge in [-0.1, -0.05) is 45.0 Å². The molecule has 1 aliphatic carbocycles. The minimum Gasteiger partial charge on any atom is -0.857 e. The number of hydrogen-bond donors (Lipinski definition) is 2. The maximum Gasteiger partial charge on any atom is 0.271 e. The third-order valence-electron chi connectivity index (χ3n) is 4.45. The summed E-state index contributed by atoms with van der Waals surface area (Å²) in [7, 11) is -3.60. The number of rotatable bonds is 6. The van der Waals surface area contributed by atoms with Gasteiger partial charge in [0.2, 0.25) is 0 Å². The number of nitrogens with one attached hydrogen (secondary N) is 2. The van der Waals surface area contributed by atoms with Gasteiger partial charge in [-0.15, -0.1) is 11.3 Å². The Morgan fingerprint density at radius 2 is 1.96 bits per heavy atom. The molecule has 0 amide bonds. The van der Waals surface area contributed by atoms with Crippen molar-refractivity contribution in [3.63, 3.8) is 0 Å². The fourth-order valence-corrected chi connectivity index (χ4v) is 5.55. The van der Waals surface area contributed by atoms with Crippen molar-refractivity contribution in [2.45, 2.75) is 37.8 Å². The second-order valence-electron chi connectivity index (χ2n) is 7.82. The van der Waals surface area contributed by atoms with Gasteiger partial charge in [-0.05, 0) is 53.3 Å². The van der Waals surface area contributed by atoms with Gasteiger partial charge in [-0.2, -0.15) is 5.10 Å². The van der Waals surface area contributed by atoms with Crippen LogP contribution in [0.3, 0.4) is 0 Å². The molecular weight excluding hydrogens is 394 g/mol. The number of benzene rings is 1. The highest BCUT2D eigenvalue weighted by Crippen LogP contribution is 2.35. The Morgan fingerprint density at radius 3 is 2.57 bits per heavy atom. The van der Waals surface area contributed by atoms with Crippen molar-refractivity contribution >= 4 is 32.9 Å². The fraction of sp³-hybridized carbons (Fsp3) is 0.350.